The van der Waals surface area contributed by atoms with Crippen LogP contribution in [-0.2, 0) is 4.74 Å². The van der Waals surface area contributed by atoms with Crippen molar-refractivity contribution < 1.29 is 29.4 Å². The van der Waals surface area contributed by atoms with Crippen LogP contribution in [0.2, 0.25) is 0 Å². The zero-order valence-corrected chi connectivity index (χ0v) is 13.0. The molecule has 0 aliphatic rings. The van der Waals surface area contributed by atoms with E-state index in [0.717, 1.165) is 4.90 Å². The smallest absolute Gasteiger partial charge is 0.434 e. The molecule has 3 N–H and O–H groups in total. The number of aromatic nitrogens is 1. The molecule has 0 fully saturated rings. The molecule has 1 aromatic rings. The molecule has 0 bridgehead atoms. The zero-order chi connectivity index (χ0) is 16.9. The Morgan fingerprint density at radius 1 is 1.27 bits per heavy atom. The van der Waals surface area contributed by atoms with Gasteiger partial charge in [0.25, 0.3) is 0 Å². The van der Waals surface area contributed by atoms with Crippen LogP contribution in [0.4, 0.5) is 9.59 Å². The molecule has 0 spiro atoms. The van der Waals surface area contributed by atoms with Crippen LogP contribution < -0.4 is 10.2 Å². The first kappa shape index (κ1) is 17.5. The number of hydrogen-bond acceptors (Lipinski definition) is 6. The van der Waals surface area contributed by atoms with Crippen molar-refractivity contribution in [2.45, 2.75) is 26.4 Å². The Balaban J connectivity index is 2.38. The molecule has 0 atom stereocenters. The van der Waals surface area contributed by atoms with Gasteiger partial charge < -0.3 is 30.0 Å². The van der Waals surface area contributed by atoms with E-state index in [1.807, 2.05) is 0 Å². The fraction of sp³-hybridized carbons (Fsp3) is 0.538. The maximum atomic E-state index is 11.7. The average molecular weight is 315 g/mol. The van der Waals surface area contributed by atoms with Crippen molar-refractivity contribution in [1.82, 2.24) is 14.9 Å². The molecule has 1 heterocycles. The highest BCUT2D eigenvalue weighted by Crippen LogP contribution is 2.18. The van der Waals surface area contributed by atoms with Crippen LogP contribution in [0.5, 0.6) is 11.8 Å². The van der Waals surface area contributed by atoms with Gasteiger partial charge in [0, 0.05) is 32.3 Å². The Bertz CT molecular complexity index is 515. The first-order valence-electron chi connectivity index (χ1n) is 6.60. The molecule has 0 aliphatic heterocycles. The number of nitrogens with zero attached hydrogens (tertiary/aromatic N) is 2. The normalized spacial score (nSPS) is 10.9. The van der Waals surface area contributed by atoms with E-state index >= 15 is 0 Å². The van der Waals surface area contributed by atoms with Gasteiger partial charge in [-0.3, -0.25) is 0 Å². The van der Waals surface area contributed by atoms with Crippen LogP contribution in [0.25, 0.3) is 0 Å². The number of carbonyl (C=O) groups is 2. The highest BCUT2D eigenvalue weighted by molar-refractivity contribution is 5.69. The van der Waals surface area contributed by atoms with Crippen molar-refractivity contribution in [3.05, 3.63) is 12.1 Å². The summed E-state index contributed by atoms with van der Waals surface area (Å²) in [6, 6.07) is 2.35. The maximum Gasteiger partial charge on any atom is 0.434 e. The lowest BCUT2D eigenvalue weighted by Crippen LogP contribution is -2.40. The third kappa shape index (κ3) is 5.43. The molecular weight excluding hydrogens is 294 g/mol. The molecule has 1 aromatic heterocycles. The largest absolute Gasteiger partial charge is 0.492 e. The van der Waals surface area contributed by atoms with Gasteiger partial charge in [0.1, 0.15) is 5.60 Å². The van der Waals surface area contributed by atoms with Crippen LogP contribution in [0.1, 0.15) is 20.8 Å². The lowest BCUT2D eigenvalue weighted by Gasteiger charge is -2.21. The Kier molecular flexibility index (Phi) is 5.50. The first-order chi connectivity index (χ1) is 10.1. The van der Waals surface area contributed by atoms with Crippen molar-refractivity contribution >= 4 is 12.2 Å². The quantitative estimate of drug-likeness (QED) is 0.761. The second kappa shape index (κ2) is 6.92. The van der Waals surface area contributed by atoms with Gasteiger partial charge in [-0.15, -0.1) is 4.73 Å². The van der Waals surface area contributed by atoms with Crippen molar-refractivity contribution in [1.29, 1.82) is 0 Å². The van der Waals surface area contributed by atoms with Gasteiger partial charge in [0.05, 0.1) is 0 Å². The number of alkyl carbamates (subject to hydrolysis) is 1. The second-order valence-corrected chi connectivity index (χ2v) is 5.55. The van der Waals surface area contributed by atoms with Crippen LogP contribution in [0, 0.1) is 0 Å². The molecule has 0 unspecified atom stereocenters. The standard InChI is InChI=1S/C13H21N3O6/c1-13(2,3)21-11(19)14-7-8-15(4)12(20)22-16-9(17)5-6-10(16)18/h5-6,17-18H,7-8H2,1-4H3,(H,14,19). The Morgan fingerprint density at radius 3 is 2.32 bits per heavy atom. The topological polar surface area (TPSA) is 113 Å². The minimum absolute atomic E-state index is 0.154. The molecular formula is C13H21N3O6. The van der Waals surface area contributed by atoms with Crippen molar-refractivity contribution in [3.8, 4) is 11.8 Å². The van der Waals surface area contributed by atoms with Gasteiger partial charge in [-0.1, -0.05) is 0 Å². The number of nitrogens with one attached hydrogen (secondary N) is 1. The number of hydrogen-bond donors (Lipinski definition) is 3. The summed E-state index contributed by atoms with van der Waals surface area (Å²) in [6.45, 7) is 5.54. The van der Waals surface area contributed by atoms with Crippen molar-refractivity contribution in [3.63, 3.8) is 0 Å². The molecule has 9 nitrogen and oxygen atoms in total. The third-order valence-electron chi connectivity index (χ3n) is 2.39. The molecule has 124 valence electrons. The number of rotatable bonds is 4. The third-order valence-corrected chi connectivity index (χ3v) is 2.39. The minimum Gasteiger partial charge on any atom is -0.492 e. The van der Waals surface area contributed by atoms with Gasteiger partial charge >= 0.3 is 12.2 Å². The highest BCUT2D eigenvalue weighted by atomic mass is 16.7. The van der Waals surface area contributed by atoms with E-state index in [1.165, 1.54) is 19.2 Å². The van der Waals surface area contributed by atoms with Gasteiger partial charge in [-0.05, 0) is 20.8 Å². The van der Waals surface area contributed by atoms with E-state index in [0.29, 0.717) is 4.73 Å². The van der Waals surface area contributed by atoms with E-state index in [1.54, 1.807) is 20.8 Å². The molecule has 1 rings (SSSR count). The molecule has 9 heteroatoms. The number of amides is 2. The molecule has 0 saturated carbocycles. The zero-order valence-electron chi connectivity index (χ0n) is 13.0. The molecule has 22 heavy (non-hydrogen) atoms. The van der Waals surface area contributed by atoms with Gasteiger partial charge in [-0.2, -0.15) is 0 Å². The van der Waals surface area contributed by atoms with Gasteiger partial charge in [-0.25, -0.2) is 9.59 Å². The fourth-order valence-corrected chi connectivity index (χ4v) is 1.37. The maximum absolute atomic E-state index is 11.7. The summed E-state index contributed by atoms with van der Waals surface area (Å²) >= 11 is 0. The molecule has 0 aromatic carbocycles. The van der Waals surface area contributed by atoms with Crippen molar-refractivity contribution in [2.75, 3.05) is 20.1 Å². The van der Waals surface area contributed by atoms with E-state index in [9.17, 15) is 19.8 Å². The SMILES string of the molecule is CN(CCNC(=O)OC(C)(C)C)C(=O)On1c(O)ccc1O. The molecule has 0 radical (unpaired) electrons. The Hall–Kier alpha value is -2.58. The predicted molar refractivity (Wildman–Crippen MR) is 76.6 cm³/mol. The summed E-state index contributed by atoms with van der Waals surface area (Å²) in [5.74, 6) is -0.822. The molecule has 0 aliphatic carbocycles. The summed E-state index contributed by atoms with van der Waals surface area (Å²) in [5.41, 5.74) is -0.599. The van der Waals surface area contributed by atoms with Crippen LogP contribution >= 0.6 is 0 Å². The Labute approximate surface area is 128 Å². The van der Waals surface area contributed by atoms with Crippen LogP contribution in [0.3, 0.4) is 0 Å². The second-order valence-electron chi connectivity index (χ2n) is 5.55. The first-order valence-corrected chi connectivity index (χ1v) is 6.60. The summed E-state index contributed by atoms with van der Waals surface area (Å²) in [7, 11) is 1.44. The lowest BCUT2D eigenvalue weighted by atomic mass is 10.2. The van der Waals surface area contributed by atoms with E-state index in [-0.39, 0.29) is 13.1 Å². The summed E-state index contributed by atoms with van der Waals surface area (Å²) < 4.78 is 5.63. The van der Waals surface area contributed by atoms with Crippen LogP contribution in [-0.4, -0.2) is 57.8 Å². The number of likely N-dealkylation sites (N-methyl/N-ethyl adjacent to an activating group) is 1. The fourth-order valence-electron chi connectivity index (χ4n) is 1.37. The molecule has 0 saturated heterocycles. The number of ether oxygens (including phenoxy) is 1. The van der Waals surface area contributed by atoms with E-state index in [2.05, 4.69) is 5.32 Å². The van der Waals surface area contributed by atoms with E-state index in [4.69, 9.17) is 9.57 Å². The van der Waals surface area contributed by atoms with E-state index < -0.39 is 29.5 Å². The summed E-state index contributed by atoms with van der Waals surface area (Å²) in [6.07, 6.45) is -1.40. The van der Waals surface area contributed by atoms with Gasteiger partial charge in [0.15, 0.2) is 0 Å². The average Bonchev–Trinajstić information content (AvgIpc) is 2.68. The monoisotopic (exact) mass is 315 g/mol. The van der Waals surface area contributed by atoms with Gasteiger partial charge in [0.2, 0.25) is 11.8 Å². The Morgan fingerprint density at radius 2 is 1.82 bits per heavy atom. The summed E-state index contributed by atoms with van der Waals surface area (Å²) in [4.78, 5) is 29.1. The summed E-state index contributed by atoms with van der Waals surface area (Å²) in [5, 5.41) is 21.2. The predicted octanol–water partition coefficient (Wildman–Crippen LogP) is 0.904. The number of aromatic hydroxyl groups is 2. The lowest BCUT2D eigenvalue weighted by molar-refractivity contribution is 0.0515. The molecule has 2 amide bonds. The van der Waals surface area contributed by atoms with Crippen molar-refractivity contribution in [2.24, 2.45) is 0 Å². The minimum atomic E-state index is -0.812. The number of carbonyl (C=O) groups excluding carboxylic acids is 2. The highest BCUT2D eigenvalue weighted by Gasteiger charge is 2.18. The van der Waals surface area contributed by atoms with Crippen LogP contribution in [0.15, 0.2) is 12.1 Å².